The highest BCUT2D eigenvalue weighted by Gasteiger charge is 2.25. The fourth-order valence-corrected chi connectivity index (χ4v) is 1.39. The summed E-state index contributed by atoms with van der Waals surface area (Å²) in [6.45, 7) is 0. The fourth-order valence-electron chi connectivity index (χ4n) is 1.39. The number of carbonyl (C=O) groups excluding carboxylic acids is 1. The van der Waals surface area contributed by atoms with E-state index in [9.17, 15) is 9.59 Å². The van der Waals surface area contributed by atoms with Gasteiger partial charge < -0.3 is 10.4 Å². The number of aromatic carboxylic acids is 1. The number of rotatable bonds is 3. The molecule has 1 aromatic rings. The Labute approximate surface area is 85.7 Å². The normalized spacial score (nSPS) is 15.7. The quantitative estimate of drug-likeness (QED) is 0.687. The number of H-pyrrole nitrogens is 1. The Hall–Kier alpha value is -1.85. The summed E-state index contributed by atoms with van der Waals surface area (Å²) in [5.74, 6) is -0.837. The second kappa shape index (κ2) is 3.72. The van der Waals surface area contributed by atoms with Crippen molar-refractivity contribution < 1.29 is 14.7 Å². The lowest BCUT2D eigenvalue weighted by molar-refractivity contribution is -0.122. The summed E-state index contributed by atoms with van der Waals surface area (Å²) in [4.78, 5) is 22.0. The highest BCUT2D eigenvalue weighted by molar-refractivity contribution is 5.93. The first kappa shape index (κ1) is 9.70. The lowest BCUT2D eigenvalue weighted by Crippen LogP contribution is -2.28. The molecule has 6 heteroatoms. The molecule has 0 aliphatic heterocycles. The molecule has 6 nitrogen and oxygen atoms in total. The summed E-state index contributed by atoms with van der Waals surface area (Å²) in [7, 11) is 0. The summed E-state index contributed by atoms with van der Waals surface area (Å²) in [6, 6.07) is 1.30. The molecule has 0 aromatic carbocycles. The first-order chi connectivity index (χ1) is 7.16. The molecule has 80 valence electrons. The van der Waals surface area contributed by atoms with E-state index in [0.29, 0.717) is 0 Å². The van der Waals surface area contributed by atoms with E-state index in [2.05, 4.69) is 15.5 Å². The molecule has 0 atom stereocenters. The van der Waals surface area contributed by atoms with Crippen LogP contribution in [0.25, 0.3) is 0 Å². The topological polar surface area (TPSA) is 95.1 Å². The third kappa shape index (κ3) is 1.98. The predicted octanol–water partition coefficient (Wildman–Crippen LogP) is 0.846. The monoisotopic (exact) mass is 209 g/mol. The van der Waals surface area contributed by atoms with Gasteiger partial charge in [0.1, 0.15) is 5.69 Å². The smallest absolute Gasteiger partial charge is 0.353 e. The number of hydrogen-bond acceptors (Lipinski definition) is 3. The molecule has 3 N–H and O–H groups in total. The van der Waals surface area contributed by atoms with Crippen LogP contribution >= 0.6 is 0 Å². The molecule has 1 heterocycles. The first-order valence-electron chi connectivity index (χ1n) is 4.76. The van der Waals surface area contributed by atoms with Crippen molar-refractivity contribution in [3.05, 3.63) is 11.8 Å². The minimum Gasteiger partial charge on any atom is -0.477 e. The van der Waals surface area contributed by atoms with Gasteiger partial charge in [-0.2, -0.15) is 5.10 Å². The van der Waals surface area contributed by atoms with Crippen molar-refractivity contribution in [3.8, 4) is 0 Å². The molecule has 2 rings (SSSR count). The first-order valence-corrected chi connectivity index (χ1v) is 4.76. The van der Waals surface area contributed by atoms with Crippen LogP contribution in [0.3, 0.4) is 0 Å². The Kier molecular flexibility index (Phi) is 2.40. The molecule has 15 heavy (non-hydrogen) atoms. The number of aromatic amines is 1. The van der Waals surface area contributed by atoms with Crippen LogP contribution in [0.5, 0.6) is 0 Å². The van der Waals surface area contributed by atoms with Crippen LogP contribution in [-0.2, 0) is 4.79 Å². The molecule has 0 radical (unpaired) electrons. The van der Waals surface area contributed by atoms with Gasteiger partial charge in [-0.25, -0.2) is 4.79 Å². The van der Waals surface area contributed by atoms with Gasteiger partial charge in [0, 0.05) is 12.0 Å². The molecular weight excluding hydrogens is 198 g/mol. The summed E-state index contributed by atoms with van der Waals surface area (Å²) in [5, 5.41) is 17.2. The summed E-state index contributed by atoms with van der Waals surface area (Å²) < 4.78 is 0. The number of amides is 1. The van der Waals surface area contributed by atoms with Gasteiger partial charge in [-0.1, -0.05) is 6.42 Å². The summed E-state index contributed by atoms with van der Waals surface area (Å²) in [5.41, 5.74) is -0.0288. The largest absolute Gasteiger partial charge is 0.477 e. The van der Waals surface area contributed by atoms with Crippen LogP contribution < -0.4 is 5.32 Å². The van der Waals surface area contributed by atoms with E-state index < -0.39 is 5.97 Å². The zero-order chi connectivity index (χ0) is 10.8. The number of carbonyl (C=O) groups is 2. The van der Waals surface area contributed by atoms with Crippen molar-refractivity contribution in [3.63, 3.8) is 0 Å². The minimum absolute atomic E-state index is 0.0288. The van der Waals surface area contributed by atoms with E-state index >= 15 is 0 Å². The van der Waals surface area contributed by atoms with Crippen molar-refractivity contribution in [1.82, 2.24) is 10.2 Å². The number of aromatic nitrogens is 2. The maximum absolute atomic E-state index is 11.5. The van der Waals surface area contributed by atoms with Crippen LogP contribution in [0, 0.1) is 5.92 Å². The van der Waals surface area contributed by atoms with Crippen LogP contribution in [0.2, 0.25) is 0 Å². The summed E-state index contributed by atoms with van der Waals surface area (Å²) >= 11 is 0. The molecule has 1 aromatic heterocycles. The Morgan fingerprint density at radius 3 is 2.73 bits per heavy atom. The molecule has 1 fully saturated rings. The van der Waals surface area contributed by atoms with Gasteiger partial charge in [-0.3, -0.25) is 9.89 Å². The average molecular weight is 209 g/mol. The number of carboxylic acids is 1. The van der Waals surface area contributed by atoms with Crippen LogP contribution in [-0.4, -0.2) is 27.2 Å². The molecule has 1 aliphatic carbocycles. The highest BCUT2D eigenvalue weighted by Crippen LogP contribution is 2.27. The number of nitrogens with one attached hydrogen (secondary N) is 2. The van der Waals surface area contributed by atoms with E-state index in [-0.39, 0.29) is 23.3 Å². The Morgan fingerprint density at radius 2 is 2.27 bits per heavy atom. The van der Waals surface area contributed by atoms with Crippen LogP contribution in [0.4, 0.5) is 5.82 Å². The van der Waals surface area contributed by atoms with Crippen molar-refractivity contribution in [1.29, 1.82) is 0 Å². The molecule has 0 saturated heterocycles. The number of hydrogen-bond donors (Lipinski definition) is 3. The van der Waals surface area contributed by atoms with Crippen molar-refractivity contribution in [2.24, 2.45) is 5.92 Å². The van der Waals surface area contributed by atoms with Gasteiger partial charge in [0.15, 0.2) is 5.82 Å². The fraction of sp³-hybridized carbons (Fsp3) is 0.444. The second-order valence-corrected chi connectivity index (χ2v) is 3.59. The van der Waals surface area contributed by atoms with Gasteiger partial charge in [0.25, 0.3) is 0 Å². The number of carboxylic acid groups (broad SMARTS) is 1. The molecule has 0 unspecified atom stereocenters. The lowest BCUT2D eigenvalue weighted by Gasteiger charge is -2.23. The van der Waals surface area contributed by atoms with Crippen LogP contribution in [0.1, 0.15) is 29.8 Å². The van der Waals surface area contributed by atoms with E-state index in [1.165, 1.54) is 6.07 Å². The average Bonchev–Trinajstić information content (AvgIpc) is 2.48. The van der Waals surface area contributed by atoms with Crippen molar-refractivity contribution >= 4 is 17.7 Å². The standard InChI is InChI=1S/C9H11N3O3/c13-8(5-2-1-3-5)10-7-4-6(9(14)15)11-12-7/h4-5H,1-3H2,(H,14,15)(H2,10,11,12,13). The SMILES string of the molecule is O=C(O)c1cc(NC(=O)C2CCC2)n[nH]1. The molecule has 1 aliphatic rings. The van der Waals surface area contributed by atoms with Gasteiger partial charge in [-0.15, -0.1) is 0 Å². The van der Waals surface area contributed by atoms with Gasteiger partial charge in [0.2, 0.25) is 5.91 Å². The minimum atomic E-state index is -1.09. The lowest BCUT2D eigenvalue weighted by atomic mass is 9.85. The van der Waals surface area contributed by atoms with E-state index in [1.807, 2.05) is 0 Å². The maximum Gasteiger partial charge on any atom is 0.353 e. The summed E-state index contributed by atoms with van der Waals surface area (Å²) in [6.07, 6.45) is 2.89. The van der Waals surface area contributed by atoms with Gasteiger partial charge >= 0.3 is 5.97 Å². The van der Waals surface area contributed by atoms with Crippen molar-refractivity contribution in [2.75, 3.05) is 5.32 Å². The molecular formula is C9H11N3O3. The Bertz CT molecular complexity index is 395. The number of anilines is 1. The van der Waals surface area contributed by atoms with Gasteiger partial charge in [-0.05, 0) is 12.8 Å². The van der Waals surface area contributed by atoms with E-state index in [1.54, 1.807) is 0 Å². The third-order valence-corrected chi connectivity index (χ3v) is 2.54. The highest BCUT2D eigenvalue weighted by atomic mass is 16.4. The Morgan fingerprint density at radius 1 is 1.53 bits per heavy atom. The van der Waals surface area contributed by atoms with E-state index in [0.717, 1.165) is 19.3 Å². The van der Waals surface area contributed by atoms with Gasteiger partial charge in [0.05, 0.1) is 0 Å². The zero-order valence-electron chi connectivity index (χ0n) is 7.99. The molecule has 0 spiro atoms. The Balaban J connectivity index is 1.97. The zero-order valence-corrected chi connectivity index (χ0v) is 7.99. The molecule has 0 bridgehead atoms. The third-order valence-electron chi connectivity index (χ3n) is 2.54. The maximum atomic E-state index is 11.5. The second-order valence-electron chi connectivity index (χ2n) is 3.59. The van der Waals surface area contributed by atoms with Crippen molar-refractivity contribution in [2.45, 2.75) is 19.3 Å². The predicted molar refractivity (Wildman–Crippen MR) is 51.5 cm³/mol. The number of nitrogens with zero attached hydrogens (tertiary/aromatic N) is 1. The molecule has 1 saturated carbocycles. The van der Waals surface area contributed by atoms with E-state index in [4.69, 9.17) is 5.11 Å². The van der Waals surface area contributed by atoms with Crippen LogP contribution in [0.15, 0.2) is 6.07 Å². The molecule has 1 amide bonds.